The Kier molecular flexibility index (Phi) is 4.98. The van der Waals surface area contributed by atoms with E-state index in [4.69, 9.17) is 5.73 Å². The van der Waals surface area contributed by atoms with Crippen molar-refractivity contribution in [2.45, 2.75) is 19.9 Å². The number of para-hydroxylation sites is 2. The van der Waals surface area contributed by atoms with Crippen LogP contribution in [0.2, 0.25) is 0 Å². The maximum absolute atomic E-state index is 11.8. The van der Waals surface area contributed by atoms with E-state index < -0.39 is 6.04 Å². The average molecular weight is 276 g/mol. The van der Waals surface area contributed by atoms with Crippen LogP contribution < -0.4 is 16.0 Å². The molecule has 0 aromatic heterocycles. The van der Waals surface area contributed by atoms with Gasteiger partial charge in [-0.05, 0) is 25.6 Å². The van der Waals surface area contributed by atoms with Gasteiger partial charge in [-0.1, -0.05) is 19.1 Å². The Bertz CT molecular complexity index is 453. The fourth-order valence-electron chi connectivity index (χ4n) is 2.41. The standard InChI is InChI=1S/C15H24N4O/c1-3-18-8-10-19(11-9-18)14-7-5-4-6-13(14)17-15(20)12(2)16/h4-7,12H,3,8-11,16H2,1-2H3,(H,17,20). The second-order valence-corrected chi connectivity index (χ2v) is 5.22. The minimum atomic E-state index is -0.500. The first-order valence-corrected chi connectivity index (χ1v) is 7.24. The summed E-state index contributed by atoms with van der Waals surface area (Å²) < 4.78 is 0. The molecule has 1 aromatic rings. The van der Waals surface area contributed by atoms with Gasteiger partial charge in [-0.3, -0.25) is 4.79 Å². The van der Waals surface area contributed by atoms with Gasteiger partial charge >= 0.3 is 0 Å². The molecule has 1 aliphatic heterocycles. The number of benzene rings is 1. The van der Waals surface area contributed by atoms with Crippen molar-refractivity contribution in [1.29, 1.82) is 0 Å². The van der Waals surface area contributed by atoms with Gasteiger partial charge in [0.05, 0.1) is 17.4 Å². The fourth-order valence-corrected chi connectivity index (χ4v) is 2.41. The molecule has 3 N–H and O–H groups in total. The second-order valence-electron chi connectivity index (χ2n) is 5.22. The predicted molar refractivity (Wildman–Crippen MR) is 83.0 cm³/mol. The van der Waals surface area contributed by atoms with Crippen molar-refractivity contribution in [1.82, 2.24) is 4.90 Å². The van der Waals surface area contributed by atoms with Gasteiger partial charge in [-0.15, -0.1) is 0 Å². The molecule has 5 heteroatoms. The number of likely N-dealkylation sites (N-methyl/N-ethyl adjacent to an activating group) is 1. The van der Waals surface area contributed by atoms with E-state index in [1.807, 2.05) is 18.2 Å². The van der Waals surface area contributed by atoms with Crippen molar-refractivity contribution in [3.05, 3.63) is 24.3 Å². The van der Waals surface area contributed by atoms with E-state index >= 15 is 0 Å². The third-order valence-electron chi connectivity index (χ3n) is 3.74. The SMILES string of the molecule is CCN1CCN(c2ccccc2NC(=O)C(C)N)CC1. The van der Waals surface area contributed by atoms with Crippen molar-refractivity contribution in [2.75, 3.05) is 42.9 Å². The Hall–Kier alpha value is -1.59. The topological polar surface area (TPSA) is 61.6 Å². The van der Waals surface area contributed by atoms with Crippen molar-refractivity contribution in [2.24, 2.45) is 5.73 Å². The summed E-state index contributed by atoms with van der Waals surface area (Å²) in [4.78, 5) is 16.5. The summed E-state index contributed by atoms with van der Waals surface area (Å²) in [6, 6.07) is 7.42. The third-order valence-corrected chi connectivity index (χ3v) is 3.74. The first kappa shape index (κ1) is 14.8. The van der Waals surface area contributed by atoms with Crippen LogP contribution in [0.25, 0.3) is 0 Å². The molecule has 1 saturated heterocycles. The first-order valence-electron chi connectivity index (χ1n) is 7.24. The van der Waals surface area contributed by atoms with Crippen molar-refractivity contribution < 1.29 is 4.79 Å². The highest BCUT2D eigenvalue weighted by atomic mass is 16.2. The van der Waals surface area contributed by atoms with E-state index in [1.165, 1.54) is 0 Å². The molecule has 20 heavy (non-hydrogen) atoms. The highest BCUT2D eigenvalue weighted by Crippen LogP contribution is 2.26. The van der Waals surface area contributed by atoms with Crippen molar-refractivity contribution in [3.8, 4) is 0 Å². The Morgan fingerprint density at radius 3 is 2.55 bits per heavy atom. The molecular formula is C15H24N4O. The van der Waals surface area contributed by atoms with Crippen LogP contribution in [-0.4, -0.2) is 49.6 Å². The average Bonchev–Trinajstić information content (AvgIpc) is 2.48. The molecule has 1 atom stereocenters. The van der Waals surface area contributed by atoms with Crippen LogP contribution in [0.4, 0.5) is 11.4 Å². The largest absolute Gasteiger partial charge is 0.367 e. The van der Waals surface area contributed by atoms with Crippen LogP contribution >= 0.6 is 0 Å². The third kappa shape index (κ3) is 3.49. The zero-order valence-corrected chi connectivity index (χ0v) is 12.3. The lowest BCUT2D eigenvalue weighted by molar-refractivity contribution is -0.117. The fraction of sp³-hybridized carbons (Fsp3) is 0.533. The number of nitrogens with zero attached hydrogens (tertiary/aromatic N) is 2. The molecule has 1 amide bonds. The number of hydrogen-bond donors (Lipinski definition) is 2. The molecule has 0 spiro atoms. The number of anilines is 2. The molecule has 0 radical (unpaired) electrons. The van der Waals surface area contributed by atoms with Gasteiger partial charge in [-0.25, -0.2) is 0 Å². The molecule has 1 aromatic carbocycles. The second kappa shape index (κ2) is 6.72. The van der Waals surface area contributed by atoms with Gasteiger partial charge < -0.3 is 20.9 Å². The molecule has 0 saturated carbocycles. The lowest BCUT2D eigenvalue weighted by Crippen LogP contribution is -2.46. The van der Waals surface area contributed by atoms with Gasteiger partial charge in [-0.2, -0.15) is 0 Å². The van der Waals surface area contributed by atoms with Crippen molar-refractivity contribution >= 4 is 17.3 Å². The van der Waals surface area contributed by atoms with Gasteiger partial charge in [0.2, 0.25) is 5.91 Å². The highest BCUT2D eigenvalue weighted by Gasteiger charge is 2.19. The predicted octanol–water partition coefficient (Wildman–Crippen LogP) is 1.11. The number of carbonyl (C=O) groups is 1. The maximum atomic E-state index is 11.8. The van der Waals surface area contributed by atoms with Crippen LogP contribution in [0.3, 0.4) is 0 Å². The zero-order valence-electron chi connectivity index (χ0n) is 12.3. The summed E-state index contributed by atoms with van der Waals surface area (Å²) in [5, 5.41) is 2.91. The lowest BCUT2D eigenvalue weighted by atomic mass is 10.2. The molecule has 5 nitrogen and oxygen atoms in total. The Morgan fingerprint density at radius 2 is 1.95 bits per heavy atom. The Balaban J connectivity index is 2.10. The molecule has 110 valence electrons. The monoisotopic (exact) mass is 276 g/mol. The van der Waals surface area contributed by atoms with E-state index in [2.05, 4.69) is 28.1 Å². The normalized spacial score (nSPS) is 17.9. The Labute approximate surface area is 120 Å². The van der Waals surface area contributed by atoms with Crippen LogP contribution in [0, 0.1) is 0 Å². The van der Waals surface area contributed by atoms with Crippen molar-refractivity contribution in [3.63, 3.8) is 0 Å². The minimum absolute atomic E-state index is 0.148. The van der Waals surface area contributed by atoms with Gasteiger partial charge in [0.1, 0.15) is 0 Å². The van der Waals surface area contributed by atoms with E-state index in [1.54, 1.807) is 6.92 Å². The van der Waals surface area contributed by atoms with Crippen LogP contribution in [-0.2, 0) is 4.79 Å². The van der Waals surface area contributed by atoms with Gasteiger partial charge in [0.15, 0.2) is 0 Å². The molecule has 1 unspecified atom stereocenters. The van der Waals surface area contributed by atoms with E-state index in [9.17, 15) is 4.79 Å². The molecule has 1 heterocycles. The number of piperazine rings is 1. The maximum Gasteiger partial charge on any atom is 0.241 e. The highest BCUT2D eigenvalue weighted by molar-refractivity contribution is 5.97. The van der Waals surface area contributed by atoms with Crippen LogP contribution in [0.15, 0.2) is 24.3 Å². The van der Waals surface area contributed by atoms with Crippen LogP contribution in [0.5, 0.6) is 0 Å². The summed E-state index contributed by atoms with van der Waals surface area (Å²) in [5.74, 6) is -0.148. The van der Waals surface area contributed by atoms with E-state index in [-0.39, 0.29) is 5.91 Å². The molecular weight excluding hydrogens is 252 g/mol. The molecule has 0 aliphatic carbocycles. The summed E-state index contributed by atoms with van der Waals surface area (Å²) >= 11 is 0. The molecule has 0 bridgehead atoms. The van der Waals surface area contributed by atoms with Crippen LogP contribution in [0.1, 0.15) is 13.8 Å². The van der Waals surface area contributed by atoms with E-state index in [0.29, 0.717) is 0 Å². The smallest absolute Gasteiger partial charge is 0.241 e. The Morgan fingerprint density at radius 1 is 1.30 bits per heavy atom. The molecule has 1 aliphatic rings. The zero-order chi connectivity index (χ0) is 14.5. The number of rotatable bonds is 4. The first-order chi connectivity index (χ1) is 9.61. The summed E-state index contributed by atoms with van der Waals surface area (Å²) in [6.07, 6.45) is 0. The number of hydrogen-bond acceptors (Lipinski definition) is 4. The van der Waals surface area contributed by atoms with E-state index in [0.717, 1.165) is 44.1 Å². The lowest BCUT2D eigenvalue weighted by Gasteiger charge is -2.36. The quantitative estimate of drug-likeness (QED) is 0.865. The number of nitrogens with two attached hydrogens (primary N) is 1. The van der Waals surface area contributed by atoms with Gasteiger partial charge in [0, 0.05) is 26.2 Å². The minimum Gasteiger partial charge on any atom is -0.367 e. The molecule has 2 rings (SSSR count). The summed E-state index contributed by atoms with van der Waals surface area (Å²) in [5.41, 5.74) is 7.54. The number of carbonyl (C=O) groups excluding carboxylic acids is 1. The van der Waals surface area contributed by atoms with Gasteiger partial charge in [0.25, 0.3) is 0 Å². The number of amides is 1. The number of nitrogens with one attached hydrogen (secondary N) is 1. The summed E-state index contributed by atoms with van der Waals surface area (Å²) in [7, 11) is 0. The molecule has 1 fully saturated rings. The summed E-state index contributed by atoms with van der Waals surface area (Å²) in [6.45, 7) is 9.07.